The van der Waals surface area contributed by atoms with Gasteiger partial charge < -0.3 is 4.90 Å². The van der Waals surface area contributed by atoms with E-state index in [1.165, 1.54) is 5.40 Å². The van der Waals surface area contributed by atoms with Gasteiger partial charge in [0.1, 0.15) is 5.40 Å². The molecule has 0 unspecified atom stereocenters. The summed E-state index contributed by atoms with van der Waals surface area (Å²) in [4.78, 5) is 2.06. The highest BCUT2D eigenvalue weighted by Gasteiger charge is 1.75. The molecule has 0 atom stereocenters. The average Bonchev–Trinajstić information content (AvgIpc) is 1.67. The van der Waals surface area contributed by atoms with Crippen LogP contribution in [0.3, 0.4) is 0 Å². The molecule has 0 aliphatic heterocycles. The van der Waals surface area contributed by atoms with Crippen LogP contribution in [0.25, 0.3) is 0 Å². The predicted octanol–water partition coefficient (Wildman–Crippen LogP) is 1.13. The smallest absolute Gasteiger partial charge is 0.130 e. The molecular weight excluding hydrogens is 132 g/mol. The van der Waals surface area contributed by atoms with Crippen molar-refractivity contribution in [2.24, 2.45) is 0 Å². The molecule has 0 fully saturated rings. The van der Waals surface area contributed by atoms with Crippen molar-refractivity contribution in [2.75, 3.05) is 20.6 Å². The van der Waals surface area contributed by atoms with E-state index in [9.17, 15) is 0 Å². The number of thiocyanates is 1. The number of rotatable bonds is 2. The number of likely N-dealkylation sites (N-methyl/N-ethyl adjacent to an activating group) is 1. The van der Waals surface area contributed by atoms with E-state index in [1.807, 2.05) is 20.2 Å². The SMILES string of the molecule is C=CCN(C)C.N#CS. The molecule has 0 aromatic carbocycles. The number of thiol groups is 1. The fourth-order valence-corrected chi connectivity index (χ4v) is 0.258. The molecule has 0 radical (unpaired) electrons. The highest BCUT2D eigenvalue weighted by Crippen LogP contribution is 1.69. The van der Waals surface area contributed by atoms with Crippen LogP contribution in [0.2, 0.25) is 0 Å². The highest BCUT2D eigenvalue weighted by molar-refractivity contribution is 7.85. The van der Waals surface area contributed by atoms with E-state index in [1.54, 1.807) is 0 Å². The Morgan fingerprint density at radius 3 is 2.11 bits per heavy atom. The standard InChI is InChI=1S/C5H11N.CHNS/c1-4-5-6(2)3;2-1-3/h4H,1,5H2,2-3H3;3H. The van der Waals surface area contributed by atoms with Crippen molar-refractivity contribution >= 4 is 12.6 Å². The number of hydrogen-bond acceptors (Lipinski definition) is 3. The first kappa shape index (κ1) is 11.4. The third-order valence-corrected chi connectivity index (χ3v) is 0.494. The van der Waals surface area contributed by atoms with E-state index in [0.29, 0.717) is 0 Å². The lowest BCUT2D eigenvalue weighted by atomic mass is 10.6. The quantitative estimate of drug-likeness (QED) is 0.357. The lowest BCUT2D eigenvalue weighted by Crippen LogP contribution is -2.09. The molecular formula is C6H12N2S. The van der Waals surface area contributed by atoms with E-state index in [4.69, 9.17) is 5.26 Å². The molecule has 0 aliphatic carbocycles. The zero-order chi connectivity index (χ0) is 7.70. The van der Waals surface area contributed by atoms with Crippen LogP contribution < -0.4 is 0 Å². The maximum absolute atomic E-state index is 7.18. The van der Waals surface area contributed by atoms with Gasteiger partial charge in [-0.1, -0.05) is 18.7 Å². The van der Waals surface area contributed by atoms with Crippen LogP contribution in [0.15, 0.2) is 12.7 Å². The molecule has 3 heteroatoms. The third-order valence-electron chi connectivity index (χ3n) is 0.494. The van der Waals surface area contributed by atoms with Gasteiger partial charge in [-0.2, -0.15) is 5.26 Å². The van der Waals surface area contributed by atoms with Gasteiger partial charge in [-0.05, 0) is 14.1 Å². The Morgan fingerprint density at radius 1 is 1.78 bits per heavy atom. The molecule has 0 amide bonds. The Kier molecular flexibility index (Phi) is 13.3. The second kappa shape index (κ2) is 10.5. The second-order valence-electron chi connectivity index (χ2n) is 1.65. The third kappa shape index (κ3) is 35.9. The Bertz CT molecular complexity index is 93.7. The minimum absolute atomic E-state index is 0.972. The summed E-state index contributed by atoms with van der Waals surface area (Å²) in [6.07, 6.45) is 1.88. The summed E-state index contributed by atoms with van der Waals surface area (Å²) in [5.74, 6) is 0. The fourth-order valence-electron chi connectivity index (χ4n) is 0.258. The molecule has 0 rings (SSSR count). The van der Waals surface area contributed by atoms with Gasteiger partial charge in [-0.15, -0.1) is 6.58 Å². The molecule has 0 bridgehead atoms. The maximum atomic E-state index is 7.18. The molecule has 9 heavy (non-hydrogen) atoms. The zero-order valence-electron chi connectivity index (χ0n) is 5.83. The summed E-state index contributed by atoms with van der Waals surface area (Å²) in [6, 6.07) is 0. The van der Waals surface area contributed by atoms with Crippen LogP contribution in [0.4, 0.5) is 0 Å². The van der Waals surface area contributed by atoms with Crippen LogP contribution >= 0.6 is 12.6 Å². The van der Waals surface area contributed by atoms with E-state index in [0.717, 1.165) is 6.54 Å². The van der Waals surface area contributed by atoms with Gasteiger partial charge in [-0.25, -0.2) is 0 Å². The zero-order valence-corrected chi connectivity index (χ0v) is 6.73. The summed E-state index contributed by atoms with van der Waals surface area (Å²) < 4.78 is 0. The summed E-state index contributed by atoms with van der Waals surface area (Å²) >= 11 is 3.09. The fraction of sp³-hybridized carbons (Fsp3) is 0.500. The monoisotopic (exact) mass is 144 g/mol. The molecule has 0 N–H and O–H groups in total. The van der Waals surface area contributed by atoms with Crippen molar-refractivity contribution in [1.82, 2.24) is 4.90 Å². The van der Waals surface area contributed by atoms with Gasteiger partial charge >= 0.3 is 0 Å². The molecule has 0 saturated carbocycles. The lowest BCUT2D eigenvalue weighted by molar-refractivity contribution is 0.457. The summed E-state index contributed by atoms with van der Waals surface area (Å²) in [6.45, 7) is 4.53. The molecule has 0 spiro atoms. The first-order valence-electron chi connectivity index (χ1n) is 2.47. The van der Waals surface area contributed by atoms with Crippen molar-refractivity contribution < 1.29 is 0 Å². The first-order valence-corrected chi connectivity index (χ1v) is 2.92. The Balaban J connectivity index is 0. The van der Waals surface area contributed by atoms with Crippen LogP contribution in [0, 0.1) is 10.7 Å². The van der Waals surface area contributed by atoms with E-state index >= 15 is 0 Å². The van der Waals surface area contributed by atoms with Gasteiger partial charge in [0.25, 0.3) is 0 Å². The van der Waals surface area contributed by atoms with Gasteiger partial charge in [0, 0.05) is 6.54 Å². The summed E-state index contributed by atoms with van der Waals surface area (Å²) in [5.41, 5.74) is 0. The molecule has 0 aliphatic rings. The molecule has 0 saturated heterocycles. The normalized spacial score (nSPS) is 7.00. The van der Waals surface area contributed by atoms with Gasteiger partial charge in [0.2, 0.25) is 0 Å². The minimum atomic E-state index is 0.972. The number of nitrogens with zero attached hydrogens (tertiary/aromatic N) is 2. The van der Waals surface area contributed by atoms with Gasteiger partial charge in [0.15, 0.2) is 0 Å². The van der Waals surface area contributed by atoms with E-state index in [-0.39, 0.29) is 0 Å². The van der Waals surface area contributed by atoms with Crippen molar-refractivity contribution in [3.63, 3.8) is 0 Å². The molecule has 2 nitrogen and oxygen atoms in total. The van der Waals surface area contributed by atoms with Crippen LogP contribution in [0.5, 0.6) is 0 Å². The number of hydrogen-bond donors (Lipinski definition) is 1. The van der Waals surface area contributed by atoms with Crippen LogP contribution in [-0.4, -0.2) is 25.5 Å². The van der Waals surface area contributed by atoms with E-state index < -0.39 is 0 Å². The average molecular weight is 144 g/mol. The number of nitriles is 1. The van der Waals surface area contributed by atoms with E-state index in [2.05, 4.69) is 24.1 Å². The highest BCUT2D eigenvalue weighted by atomic mass is 32.1. The first-order chi connectivity index (χ1) is 4.18. The van der Waals surface area contributed by atoms with Crippen molar-refractivity contribution in [3.05, 3.63) is 12.7 Å². The summed E-state index contributed by atoms with van der Waals surface area (Å²) in [5, 5.41) is 8.63. The van der Waals surface area contributed by atoms with Crippen LogP contribution in [0.1, 0.15) is 0 Å². The van der Waals surface area contributed by atoms with Crippen LogP contribution in [-0.2, 0) is 0 Å². The van der Waals surface area contributed by atoms with Crippen molar-refractivity contribution in [2.45, 2.75) is 0 Å². The molecule has 0 aromatic heterocycles. The topological polar surface area (TPSA) is 27.0 Å². The molecule has 0 aromatic rings. The molecule has 52 valence electrons. The molecule has 0 heterocycles. The van der Waals surface area contributed by atoms with Gasteiger partial charge in [0.05, 0.1) is 0 Å². The second-order valence-corrected chi connectivity index (χ2v) is 1.85. The van der Waals surface area contributed by atoms with Crippen molar-refractivity contribution in [1.29, 1.82) is 5.26 Å². The Hall–Kier alpha value is -0.460. The predicted molar refractivity (Wildman–Crippen MR) is 43.4 cm³/mol. The summed E-state index contributed by atoms with van der Waals surface area (Å²) in [7, 11) is 4.03. The maximum Gasteiger partial charge on any atom is 0.130 e. The lowest BCUT2D eigenvalue weighted by Gasteiger charge is -2.01. The van der Waals surface area contributed by atoms with Gasteiger partial charge in [-0.3, -0.25) is 0 Å². The minimum Gasteiger partial charge on any atom is -0.306 e. The Morgan fingerprint density at radius 2 is 2.11 bits per heavy atom. The Labute approximate surface area is 62.2 Å². The van der Waals surface area contributed by atoms with Crippen molar-refractivity contribution in [3.8, 4) is 5.40 Å². The largest absolute Gasteiger partial charge is 0.306 e.